The first kappa shape index (κ1) is 20.3. The number of carbonyl (C=O) groups is 2. The Bertz CT molecular complexity index is 904. The number of hydrogen-bond acceptors (Lipinski definition) is 5. The Labute approximate surface area is 176 Å². The van der Waals surface area contributed by atoms with Crippen molar-refractivity contribution < 1.29 is 14.3 Å². The van der Waals surface area contributed by atoms with Gasteiger partial charge < -0.3 is 15.0 Å². The van der Waals surface area contributed by atoms with Gasteiger partial charge in [-0.3, -0.25) is 9.59 Å². The number of nitrogens with one attached hydrogen (secondary N) is 1. The van der Waals surface area contributed by atoms with Crippen LogP contribution in [0.5, 0.6) is 5.75 Å². The Morgan fingerprint density at radius 1 is 1.10 bits per heavy atom. The van der Waals surface area contributed by atoms with Crippen molar-refractivity contribution in [2.45, 2.75) is 51.5 Å². The van der Waals surface area contributed by atoms with Crippen LogP contribution in [0.25, 0.3) is 0 Å². The molecule has 1 unspecified atom stereocenters. The number of amides is 2. The number of para-hydroxylation sites is 1. The van der Waals surface area contributed by atoms with Gasteiger partial charge in [-0.2, -0.15) is 0 Å². The molecular weight excluding hydrogens is 380 g/mol. The van der Waals surface area contributed by atoms with Gasteiger partial charge >= 0.3 is 0 Å². The zero-order chi connectivity index (χ0) is 21.1. The van der Waals surface area contributed by atoms with Gasteiger partial charge in [-0.05, 0) is 45.2 Å². The average Bonchev–Trinajstić information content (AvgIpc) is 3.40. The Morgan fingerprint density at radius 3 is 2.47 bits per heavy atom. The highest BCUT2D eigenvalue weighted by molar-refractivity contribution is 5.79. The van der Waals surface area contributed by atoms with Crippen molar-refractivity contribution in [1.82, 2.24) is 20.2 Å². The third kappa shape index (κ3) is 4.96. The third-order valence-corrected chi connectivity index (χ3v) is 5.73. The molecule has 158 valence electrons. The molecule has 2 aliphatic rings. The van der Waals surface area contributed by atoms with Gasteiger partial charge in [0.25, 0.3) is 5.91 Å². The van der Waals surface area contributed by atoms with Gasteiger partial charge in [-0.1, -0.05) is 18.2 Å². The maximum absolute atomic E-state index is 12.5. The summed E-state index contributed by atoms with van der Waals surface area (Å²) in [5.41, 5.74) is 2.60. The molecule has 0 bridgehead atoms. The van der Waals surface area contributed by atoms with Crippen LogP contribution in [0.2, 0.25) is 0 Å². The number of rotatable bonds is 7. The van der Waals surface area contributed by atoms with Crippen LogP contribution in [0.3, 0.4) is 0 Å². The lowest BCUT2D eigenvalue weighted by Gasteiger charge is -2.17. The number of hydrogen-bond donors (Lipinski definition) is 1. The largest absolute Gasteiger partial charge is 0.484 e. The summed E-state index contributed by atoms with van der Waals surface area (Å²) in [6.07, 6.45) is 3.30. The normalized spacial score (nSPS) is 18.3. The molecule has 4 rings (SSSR count). The molecule has 1 aromatic heterocycles. The van der Waals surface area contributed by atoms with Crippen molar-refractivity contribution in [3.63, 3.8) is 0 Å². The molecule has 0 radical (unpaired) electrons. The van der Waals surface area contributed by atoms with Crippen LogP contribution in [0.4, 0.5) is 0 Å². The van der Waals surface area contributed by atoms with E-state index >= 15 is 0 Å². The summed E-state index contributed by atoms with van der Waals surface area (Å²) in [7, 11) is 0. The van der Waals surface area contributed by atoms with Crippen molar-refractivity contribution in [2.24, 2.45) is 0 Å². The Morgan fingerprint density at radius 2 is 1.80 bits per heavy atom. The highest BCUT2D eigenvalue weighted by Crippen LogP contribution is 2.26. The second-order valence-corrected chi connectivity index (χ2v) is 8.18. The van der Waals surface area contributed by atoms with E-state index in [1.807, 2.05) is 49.1 Å². The fraction of sp³-hybridized carbons (Fsp3) is 0.478. The number of nitrogens with zero attached hydrogens (tertiary/aromatic N) is 3. The second-order valence-electron chi connectivity index (χ2n) is 8.18. The zero-order valence-corrected chi connectivity index (χ0v) is 17.6. The lowest BCUT2D eigenvalue weighted by molar-refractivity contribution is -0.132. The standard InChI is InChI=1S/C23H28N4O3/c1-15-20(12-21(28)26-18-8-9-18)16(2)25-23(24-15)17-10-11-27(13-17)22(29)14-30-19-6-4-3-5-7-19/h3-7,17-18H,8-14H2,1-2H3,(H,26,28). The Kier molecular flexibility index (Phi) is 5.97. The van der Waals surface area contributed by atoms with Gasteiger partial charge in [0.1, 0.15) is 11.6 Å². The smallest absolute Gasteiger partial charge is 0.260 e. The van der Waals surface area contributed by atoms with Crippen LogP contribution < -0.4 is 10.1 Å². The van der Waals surface area contributed by atoms with Gasteiger partial charge in [-0.25, -0.2) is 9.97 Å². The molecule has 7 nitrogen and oxygen atoms in total. The van der Waals surface area contributed by atoms with Crippen LogP contribution in [0.1, 0.15) is 48.0 Å². The predicted molar refractivity (Wildman–Crippen MR) is 112 cm³/mol. The van der Waals surface area contributed by atoms with E-state index in [4.69, 9.17) is 14.7 Å². The number of aromatic nitrogens is 2. The first-order valence-corrected chi connectivity index (χ1v) is 10.6. The summed E-state index contributed by atoms with van der Waals surface area (Å²) in [6.45, 7) is 5.17. The quantitative estimate of drug-likeness (QED) is 0.760. The van der Waals surface area contributed by atoms with Crippen molar-refractivity contribution in [3.8, 4) is 5.75 Å². The topological polar surface area (TPSA) is 84.4 Å². The van der Waals surface area contributed by atoms with E-state index in [9.17, 15) is 9.59 Å². The SMILES string of the molecule is Cc1nc(C2CCN(C(=O)COc3ccccc3)C2)nc(C)c1CC(=O)NC1CC1. The monoisotopic (exact) mass is 408 g/mol. The molecule has 1 aliphatic heterocycles. The number of carbonyl (C=O) groups excluding carboxylic acids is 2. The lowest BCUT2D eigenvalue weighted by atomic mass is 10.0. The fourth-order valence-electron chi connectivity index (χ4n) is 3.82. The van der Waals surface area contributed by atoms with Gasteiger partial charge in [0.2, 0.25) is 5.91 Å². The molecule has 2 fully saturated rings. The minimum Gasteiger partial charge on any atom is -0.484 e. The van der Waals surface area contributed by atoms with E-state index < -0.39 is 0 Å². The third-order valence-electron chi connectivity index (χ3n) is 5.73. The Balaban J connectivity index is 1.35. The summed E-state index contributed by atoms with van der Waals surface area (Å²) >= 11 is 0. The van der Waals surface area contributed by atoms with Crippen molar-refractivity contribution >= 4 is 11.8 Å². The molecule has 1 saturated carbocycles. The molecule has 1 atom stereocenters. The van der Waals surface area contributed by atoms with Crippen molar-refractivity contribution in [3.05, 3.63) is 53.1 Å². The molecule has 1 aromatic carbocycles. The summed E-state index contributed by atoms with van der Waals surface area (Å²) in [6, 6.07) is 9.71. The number of benzene rings is 1. The molecule has 2 amide bonds. The van der Waals surface area contributed by atoms with E-state index in [0.717, 1.165) is 42.0 Å². The Hall–Kier alpha value is -2.96. The van der Waals surface area contributed by atoms with E-state index in [1.165, 1.54) is 0 Å². The molecular formula is C23H28N4O3. The van der Waals surface area contributed by atoms with Gasteiger partial charge in [0, 0.05) is 42.0 Å². The molecule has 2 heterocycles. The molecule has 2 aromatic rings. The summed E-state index contributed by atoms with van der Waals surface area (Å²) in [5, 5.41) is 3.02. The van der Waals surface area contributed by atoms with Crippen LogP contribution in [-0.4, -0.2) is 52.4 Å². The molecule has 1 aliphatic carbocycles. The number of likely N-dealkylation sites (tertiary alicyclic amines) is 1. The first-order chi connectivity index (χ1) is 14.5. The zero-order valence-electron chi connectivity index (χ0n) is 17.6. The van der Waals surface area contributed by atoms with Crippen LogP contribution in [0, 0.1) is 13.8 Å². The lowest BCUT2D eigenvalue weighted by Crippen LogP contribution is -2.33. The minimum atomic E-state index is -0.0248. The van der Waals surface area contributed by atoms with Crippen molar-refractivity contribution in [2.75, 3.05) is 19.7 Å². The van der Waals surface area contributed by atoms with E-state index in [-0.39, 0.29) is 24.3 Å². The summed E-state index contributed by atoms with van der Waals surface area (Å²) in [4.78, 5) is 35.9. The highest BCUT2D eigenvalue weighted by Gasteiger charge is 2.30. The van der Waals surface area contributed by atoms with E-state index in [0.29, 0.717) is 31.3 Å². The number of aryl methyl sites for hydroxylation is 2. The molecule has 1 saturated heterocycles. The van der Waals surface area contributed by atoms with E-state index in [2.05, 4.69) is 5.32 Å². The van der Waals surface area contributed by atoms with Crippen LogP contribution >= 0.6 is 0 Å². The predicted octanol–water partition coefficient (Wildman–Crippen LogP) is 2.31. The summed E-state index contributed by atoms with van der Waals surface area (Å²) in [5.74, 6) is 1.57. The molecule has 1 N–H and O–H groups in total. The van der Waals surface area contributed by atoms with Crippen molar-refractivity contribution in [1.29, 1.82) is 0 Å². The summed E-state index contributed by atoms with van der Waals surface area (Å²) < 4.78 is 5.58. The fourth-order valence-corrected chi connectivity index (χ4v) is 3.82. The minimum absolute atomic E-state index is 0.0248. The number of ether oxygens (including phenoxy) is 1. The maximum atomic E-state index is 12.5. The van der Waals surface area contributed by atoms with Gasteiger partial charge in [0.15, 0.2) is 6.61 Å². The maximum Gasteiger partial charge on any atom is 0.260 e. The van der Waals surface area contributed by atoms with Crippen LogP contribution in [-0.2, 0) is 16.0 Å². The van der Waals surface area contributed by atoms with Crippen LogP contribution in [0.15, 0.2) is 30.3 Å². The van der Waals surface area contributed by atoms with Gasteiger partial charge in [-0.15, -0.1) is 0 Å². The first-order valence-electron chi connectivity index (χ1n) is 10.6. The second kappa shape index (κ2) is 8.81. The van der Waals surface area contributed by atoms with E-state index in [1.54, 1.807) is 0 Å². The van der Waals surface area contributed by atoms with Gasteiger partial charge in [0.05, 0.1) is 6.42 Å². The average molecular weight is 409 g/mol. The molecule has 7 heteroatoms. The molecule has 0 spiro atoms. The molecule has 30 heavy (non-hydrogen) atoms. The highest BCUT2D eigenvalue weighted by atomic mass is 16.5.